The predicted molar refractivity (Wildman–Crippen MR) is 36.6 cm³/mol. The smallest absolute Gasteiger partial charge is 0.106 e. The normalized spacial score (nSPS) is 25.6. The molecule has 0 aromatic rings. The SMILES string of the molecule is CC1C=CC=CC=C1F. The van der Waals surface area contributed by atoms with Crippen molar-refractivity contribution < 1.29 is 4.39 Å². The molecule has 1 heteroatoms. The lowest BCUT2D eigenvalue weighted by atomic mass is 10.1. The largest absolute Gasteiger partial charge is 0.211 e. The third-order valence-corrected chi connectivity index (χ3v) is 1.31. The van der Waals surface area contributed by atoms with Crippen LogP contribution >= 0.6 is 0 Å². The maximum atomic E-state index is 12.6. The van der Waals surface area contributed by atoms with Crippen LogP contribution in [0.15, 0.2) is 36.2 Å². The van der Waals surface area contributed by atoms with E-state index < -0.39 is 0 Å². The van der Waals surface area contributed by atoms with E-state index >= 15 is 0 Å². The zero-order chi connectivity index (χ0) is 6.69. The van der Waals surface area contributed by atoms with Crippen molar-refractivity contribution >= 4 is 0 Å². The molecule has 0 radical (unpaired) electrons. The van der Waals surface area contributed by atoms with Gasteiger partial charge in [-0.3, -0.25) is 0 Å². The van der Waals surface area contributed by atoms with Gasteiger partial charge in [0, 0.05) is 5.92 Å². The van der Waals surface area contributed by atoms with E-state index in [1.807, 2.05) is 25.2 Å². The predicted octanol–water partition coefficient (Wildman–Crippen LogP) is 2.60. The maximum absolute atomic E-state index is 12.6. The van der Waals surface area contributed by atoms with Crippen molar-refractivity contribution in [1.29, 1.82) is 0 Å². The number of rotatable bonds is 0. The summed E-state index contributed by atoms with van der Waals surface area (Å²) in [6, 6.07) is 0. The van der Waals surface area contributed by atoms with Crippen LogP contribution in [0.2, 0.25) is 0 Å². The van der Waals surface area contributed by atoms with Gasteiger partial charge < -0.3 is 0 Å². The molecule has 0 spiro atoms. The molecule has 0 amide bonds. The molecule has 1 aliphatic rings. The highest BCUT2D eigenvalue weighted by atomic mass is 19.1. The first-order chi connectivity index (χ1) is 4.30. The van der Waals surface area contributed by atoms with Gasteiger partial charge in [-0.1, -0.05) is 31.2 Å². The molecule has 0 saturated carbocycles. The van der Waals surface area contributed by atoms with Crippen molar-refractivity contribution in [1.82, 2.24) is 0 Å². The van der Waals surface area contributed by atoms with Gasteiger partial charge in [0.25, 0.3) is 0 Å². The minimum absolute atomic E-state index is 0.0556. The quantitative estimate of drug-likeness (QED) is 0.465. The average Bonchev–Trinajstić information content (AvgIpc) is 1.99. The molecule has 1 atom stereocenters. The fourth-order valence-electron chi connectivity index (χ4n) is 0.686. The van der Waals surface area contributed by atoms with Gasteiger partial charge in [-0.05, 0) is 6.08 Å². The molecule has 0 fully saturated rings. The van der Waals surface area contributed by atoms with Crippen LogP contribution in [-0.4, -0.2) is 0 Å². The Morgan fingerprint density at radius 1 is 1.33 bits per heavy atom. The minimum atomic E-state index is -0.0694. The van der Waals surface area contributed by atoms with Gasteiger partial charge in [-0.25, -0.2) is 4.39 Å². The van der Waals surface area contributed by atoms with E-state index in [2.05, 4.69) is 0 Å². The molecule has 0 N–H and O–H groups in total. The van der Waals surface area contributed by atoms with Crippen molar-refractivity contribution in [3.63, 3.8) is 0 Å². The van der Waals surface area contributed by atoms with Crippen molar-refractivity contribution in [2.24, 2.45) is 5.92 Å². The Kier molecular flexibility index (Phi) is 1.83. The summed E-state index contributed by atoms with van der Waals surface area (Å²) in [5, 5.41) is 0. The molecule has 48 valence electrons. The highest BCUT2D eigenvalue weighted by Crippen LogP contribution is 2.15. The Labute approximate surface area is 54.4 Å². The highest BCUT2D eigenvalue weighted by Gasteiger charge is 2.02. The Hall–Kier alpha value is -0.850. The van der Waals surface area contributed by atoms with Crippen LogP contribution in [0.4, 0.5) is 4.39 Å². The summed E-state index contributed by atoms with van der Waals surface area (Å²) >= 11 is 0. The zero-order valence-electron chi connectivity index (χ0n) is 5.34. The van der Waals surface area contributed by atoms with Gasteiger partial charge >= 0.3 is 0 Å². The van der Waals surface area contributed by atoms with Gasteiger partial charge in [0.15, 0.2) is 0 Å². The second-order valence-corrected chi connectivity index (χ2v) is 2.11. The first-order valence-corrected chi connectivity index (χ1v) is 3.01. The first kappa shape index (κ1) is 6.27. The monoisotopic (exact) mass is 124 g/mol. The maximum Gasteiger partial charge on any atom is 0.106 e. The van der Waals surface area contributed by atoms with Gasteiger partial charge in [-0.2, -0.15) is 0 Å². The summed E-state index contributed by atoms with van der Waals surface area (Å²) in [6.07, 6.45) is 8.70. The molecule has 0 bridgehead atoms. The van der Waals surface area contributed by atoms with Crippen LogP contribution in [-0.2, 0) is 0 Å². The summed E-state index contributed by atoms with van der Waals surface area (Å²) in [6.45, 7) is 1.83. The summed E-state index contributed by atoms with van der Waals surface area (Å²) in [5.74, 6) is -0.125. The Morgan fingerprint density at radius 2 is 2.11 bits per heavy atom. The minimum Gasteiger partial charge on any atom is -0.211 e. The molecular weight excluding hydrogens is 115 g/mol. The van der Waals surface area contributed by atoms with E-state index in [4.69, 9.17) is 0 Å². The second kappa shape index (κ2) is 2.62. The number of halogens is 1. The summed E-state index contributed by atoms with van der Waals surface area (Å²) < 4.78 is 12.6. The van der Waals surface area contributed by atoms with E-state index in [9.17, 15) is 4.39 Å². The molecular formula is C8H9F. The third-order valence-electron chi connectivity index (χ3n) is 1.31. The number of allylic oxidation sites excluding steroid dienone is 6. The molecule has 0 aliphatic heterocycles. The molecule has 0 aromatic carbocycles. The van der Waals surface area contributed by atoms with Gasteiger partial charge in [-0.15, -0.1) is 0 Å². The van der Waals surface area contributed by atoms with Crippen molar-refractivity contribution in [3.8, 4) is 0 Å². The van der Waals surface area contributed by atoms with Crippen LogP contribution in [0.3, 0.4) is 0 Å². The zero-order valence-corrected chi connectivity index (χ0v) is 5.34. The van der Waals surface area contributed by atoms with E-state index in [-0.39, 0.29) is 11.7 Å². The van der Waals surface area contributed by atoms with Gasteiger partial charge in [0.1, 0.15) is 5.83 Å². The Balaban J connectivity index is 2.80. The summed E-state index contributed by atoms with van der Waals surface area (Å²) in [5.41, 5.74) is 0. The van der Waals surface area contributed by atoms with E-state index in [1.54, 1.807) is 6.08 Å². The molecule has 0 saturated heterocycles. The second-order valence-electron chi connectivity index (χ2n) is 2.11. The standard InChI is InChI=1S/C8H9F/c1-7-5-3-2-4-6-8(7)9/h2-7H,1H3. The van der Waals surface area contributed by atoms with Crippen LogP contribution in [0.1, 0.15) is 6.92 Å². The molecule has 1 rings (SSSR count). The van der Waals surface area contributed by atoms with E-state index in [0.29, 0.717) is 0 Å². The molecule has 1 unspecified atom stereocenters. The van der Waals surface area contributed by atoms with Crippen LogP contribution in [0, 0.1) is 5.92 Å². The van der Waals surface area contributed by atoms with Crippen LogP contribution in [0.25, 0.3) is 0 Å². The Morgan fingerprint density at radius 3 is 2.89 bits per heavy atom. The highest BCUT2D eigenvalue weighted by molar-refractivity contribution is 5.21. The molecule has 0 aromatic heterocycles. The molecule has 9 heavy (non-hydrogen) atoms. The van der Waals surface area contributed by atoms with Gasteiger partial charge in [0.2, 0.25) is 0 Å². The first-order valence-electron chi connectivity index (χ1n) is 3.01. The van der Waals surface area contributed by atoms with Crippen molar-refractivity contribution in [2.75, 3.05) is 0 Å². The third kappa shape index (κ3) is 1.53. The topological polar surface area (TPSA) is 0 Å². The molecule has 0 heterocycles. The number of hydrogen-bond acceptors (Lipinski definition) is 0. The average molecular weight is 124 g/mol. The summed E-state index contributed by atoms with van der Waals surface area (Å²) in [4.78, 5) is 0. The fourth-order valence-corrected chi connectivity index (χ4v) is 0.686. The lowest BCUT2D eigenvalue weighted by molar-refractivity contribution is 0.549. The molecule has 1 aliphatic carbocycles. The van der Waals surface area contributed by atoms with Crippen molar-refractivity contribution in [2.45, 2.75) is 6.92 Å². The van der Waals surface area contributed by atoms with E-state index in [1.165, 1.54) is 6.08 Å². The van der Waals surface area contributed by atoms with Gasteiger partial charge in [0.05, 0.1) is 0 Å². The van der Waals surface area contributed by atoms with E-state index in [0.717, 1.165) is 0 Å². The lowest BCUT2D eigenvalue weighted by Gasteiger charge is -1.97. The lowest BCUT2D eigenvalue weighted by Crippen LogP contribution is -1.86. The molecule has 0 nitrogen and oxygen atoms in total. The Bertz CT molecular complexity index is 175. The van der Waals surface area contributed by atoms with Crippen LogP contribution < -0.4 is 0 Å². The number of hydrogen-bond donors (Lipinski definition) is 0. The van der Waals surface area contributed by atoms with Crippen molar-refractivity contribution in [3.05, 3.63) is 36.2 Å². The van der Waals surface area contributed by atoms with Crippen LogP contribution in [0.5, 0.6) is 0 Å². The summed E-state index contributed by atoms with van der Waals surface area (Å²) in [7, 11) is 0. The fraction of sp³-hybridized carbons (Fsp3) is 0.250.